The van der Waals surface area contributed by atoms with E-state index in [0.29, 0.717) is 6.54 Å². The summed E-state index contributed by atoms with van der Waals surface area (Å²) in [5.74, 6) is 0. The first kappa shape index (κ1) is 10.6. The van der Waals surface area contributed by atoms with Crippen molar-refractivity contribution in [3.63, 3.8) is 0 Å². The molecular weight excluding hydrogens is 216 g/mol. The molecule has 2 heterocycles. The second-order valence-corrected chi connectivity index (χ2v) is 5.37. The van der Waals surface area contributed by atoms with Gasteiger partial charge in [0.1, 0.15) is 4.90 Å². The zero-order valence-corrected chi connectivity index (χ0v) is 9.29. The molecule has 6 nitrogen and oxygen atoms in total. The molecule has 0 saturated carbocycles. The maximum Gasteiger partial charge on any atom is 0.243 e. The summed E-state index contributed by atoms with van der Waals surface area (Å²) in [6, 6.07) is -0.00444. The average molecular weight is 230 g/mol. The van der Waals surface area contributed by atoms with E-state index < -0.39 is 10.0 Å². The van der Waals surface area contributed by atoms with Gasteiger partial charge in [-0.3, -0.25) is 4.68 Å². The van der Waals surface area contributed by atoms with Gasteiger partial charge in [-0.25, -0.2) is 13.1 Å². The summed E-state index contributed by atoms with van der Waals surface area (Å²) in [4.78, 5) is 0.219. The standard InChI is InChI=1S/C8H14N4O2S/c1-12-6-8(5-10-12)15(13,14)11-7-2-3-9-4-7/h5-7,9,11H,2-4H2,1H3/t7-/m1/s1. The van der Waals surface area contributed by atoms with Crippen molar-refractivity contribution in [3.8, 4) is 0 Å². The smallest absolute Gasteiger partial charge is 0.243 e. The van der Waals surface area contributed by atoms with E-state index in [-0.39, 0.29) is 10.9 Å². The highest BCUT2D eigenvalue weighted by Crippen LogP contribution is 2.09. The van der Waals surface area contributed by atoms with E-state index in [1.165, 1.54) is 17.1 Å². The van der Waals surface area contributed by atoms with Crippen molar-refractivity contribution in [2.24, 2.45) is 7.05 Å². The maximum atomic E-state index is 11.8. The van der Waals surface area contributed by atoms with Crippen LogP contribution in [0.15, 0.2) is 17.3 Å². The van der Waals surface area contributed by atoms with Gasteiger partial charge in [0.25, 0.3) is 0 Å². The van der Waals surface area contributed by atoms with Crippen molar-refractivity contribution in [1.29, 1.82) is 0 Å². The third kappa shape index (κ3) is 2.36. The molecule has 0 bridgehead atoms. The fraction of sp³-hybridized carbons (Fsp3) is 0.625. The van der Waals surface area contributed by atoms with Crippen LogP contribution in [0.25, 0.3) is 0 Å². The number of aryl methyl sites for hydroxylation is 1. The minimum Gasteiger partial charge on any atom is -0.315 e. The van der Waals surface area contributed by atoms with Crippen LogP contribution in [0.1, 0.15) is 6.42 Å². The van der Waals surface area contributed by atoms with Gasteiger partial charge in [0.05, 0.1) is 6.20 Å². The average Bonchev–Trinajstić information content (AvgIpc) is 2.75. The normalized spacial score (nSPS) is 22.1. The lowest BCUT2D eigenvalue weighted by Crippen LogP contribution is -2.36. The number of rotatable bonds is 3. The molecule has 15 heavy (non-hydrogen) atoms. The van der Waals surface area contributed by atoms with Crippen molar-refractivity contribution in [2.75, 3.05) is 13.1 Å². The molecule has 1 aliphatic rings. The van der Waals surface area contributed by atoms with Crippen LogP contribution in [0, 0.1) is 0 Å². The molecule has 0 amide bonds. The van der Waals surface area contributed by atoms with E-state index in [4.69, 9.17) is 0 Å². The third-order valence-corrected chi connectivity index (χ3v) is 3.85. The summed E-state index contributed by atoms with van der Waals surface area (Å²) < 4.78 is 27.7. The highest BCUT2D eigenvalue weighted by atomic mass is 32.2. The summed E-state index contributed by atoms with van der Waals surface area (Å²) in [5.41, 5.74) is 0. The lowest BCUT2D eigenvalue weighted by atomic mass is 10.3. The van der Waals surface area contributed by atoms with Crippen LogP contribution in [0.5, 0.6) is 0 Å². The molecule has 0 unspecified atom stereocenters. The zero-order valence-electron chi connectivity index (χ0n) is 8.47. The fourth-order valence-corrected chi connectivity index (χ4v) is 2.83. The molecule has 1 fully saturated rings. The SMILES string of the molecule is Cn1cc(S(=O)(=O)N[C@@H]2CCNC2)cn1. The Morgan fingerprint density at radius 3 is 3.00 bits per heavy atom. The highest BCUT2D eigenvalue weighted by Gasteiger charge is 2.23. The lowest BCUT2D eigenvalue weighted by Gasteiger charge is -2.09. The molecule has 1 atom stereocenters. The second kappa shape index (κ2) is 3.92. The highest BCUT2D eigenvalue weighted by molar-refractivity contribution is 7.89. The van der Waals surface area contributed by atoms with E-state index in [1.54, 1.807) is 7.05 Å². The lowest BCUT2D eigenvalue weighted by molar-refractivity contribution is 0.560. The maximum absolute atomic E-state index is 11.8. The molecule has 0 aromatic carbocycles. The first-order chi connectivity index (χ1) is 7.08. The number of nitrogens with zero attached hydrogens (tertiary/aromatic N) is 2. The molecule has 1 saturated heterocycles. The van der Waals surface area contributed by atoms with E-state index in [1.807, 2.05) is 0 Å². The van der Waals surface area contributed by atoms with Crippen molar-refractivity contribution in [2.45, 2.75) is 17.4 Å². The van der Waals surface area contributed by atoms with Crippen molar-refractivity contribution in [1.82, 2.24) is 19.8 Å². The molecule has 84 valence electrons. The Labute approximate surface area is 88.7 Å². The molecule has 0 radical (unpaired) electrons. The summed E-state index contributed by atoms with van der Waals surface area (Å²) in [6.07, 6.45) is 3.68. The number of sulfonamides is 1. The van der Waals surface area contributed by atoms with E-state index >= 15 is 0 Å². The Kier molecular flexibility index (Phi) is 2.76. The number of aromatic nitrogens is 2. The van der Waals surface area contributed by atoms with Gasteiger partial charge in [-0.1, -0.05) is 0 Å². The Balaban J connectivity index is 2.12. The Bertz CT molecular complexity index is 433. The summed E-state index contributed by atoms with van der Waals surface area (Å²) in [7, 11) is -1.71. The Morgan fingerprint density at radius 1 is 1.67 bits per heavy atom. The first-order valence-electron chi connectivity index (χ1n) is 4.79. The van der Waals surface area contributed by atoms with Gasteiger partial charge in [0.15, 0.2) is 0 Å². The molecule has 1 aliphatic heterocycles. The van der Waals surface area contributed by atoms with E-state index in [9.17, 15) is 8.42 Å². The van der Waals surface area contributed by atoms with Gasteiger partial charge in [-0.15, -0.1) is 0 Å². The number of hydrogen-bond acceptors (Lipinski definition) is 4. The quantitative estimate of drug-likeness (QED) is 0.702. The summed E-state index contributed by atoms with van der Waals surface area (Å²) in [6.45, 7) is 1.56. The molecule has 1 aromatic rings. The summed E-state index contributed by atoms with van der Waals surface area (Å²) >= 11 is 0. The van der Waals surface area contributed by atoms with Gasteiger partial charge < -0.3 is 5.32 Å². The Morgan fingerprint density at radius 2 is 2.47 bits per heavy atom. The van der Waals surface area contributed by atoms with Crippen LogP contribution in [-0.4, -0.2) is 37.3 Å². The van der Waals surface area contributed by atoms with Gasteiger partial charge in [-0.05, 0) is 13.0 Å². The van der Waals surface area contributed by atoms with E-state index in [0.717, 1.165) is 13.0 Å². The Hall–Kier alpha value is -0.920. The largest absolute Gasteiger partial charge is 0.315 e. The monoisotopic (exact) mass is 230 g/mol. The number of nitrogens with one attached hydrogen (secondary N) is 2. The van der Waals surface area contributed by atoms with Crippen LogP contribution in [-0.2, 0) is 17.1 Å². The molecule has 0 aliphatic carbocycles. The predicted octanol–water partition coefficient (Wildman–Crippen LogP) is -0.940. The summed E-state index contributed by atoms with van der Waals surface area (Å²) in [5, 5.41) is 6.94. The van der Waals surface area contributed by atoms with Gasteiger partial charge in [-0.2, -0.15) is 5.10 Å². The van der Waals surface area contributed by atoms with Gasteiger partial charge >= 0.3 is 0 Å². The molecule has 0 spiro atoms. The van der Waals surface area contributed by atoms with Crippen LogP contribution in [0.4, 0.5) is 0 Å². The van der Waals surface area contributed by atoms with Gasteiger partial charge in [0.2, 0.25) is 10.0 Å². The molecule has 7 heteroatoms. The molecular formula is C8H14N4O2S. The predicted molar refractivity (Wildman–Crippen MR) is 54.8 cm³/mol. The van der Waals surface area contributed by atoms with E-state index in [2.05, 4.69) is 15.1 Å². The number of hydrogen-bond donors (Lipinski definition) is 2. The minimum absolute atomic E-state index is 0.00444. The second-order valence-electron chi connectivity index (χ2n) is 3.66. The van der Waals surface area contributed by atoms with Crippen LogP contribution >= 0.6 is 0 Å². The van der Waals surface area contributed by atoms with Crippen molar-refractivity contribution in [3.05, 3.63) is 12.4 Å². The molecule has 2 N–H and O–H groups in total. The molecule has 2 rings (SSSR count). The first-order valence-corrected chi connectivity index (χ1v) is 6.28. The van der Waals surface area contributed by atoms with Crippen molar-refractivity contribution < 1.29 is 8.42 Å². The van der Waals surface area contributed by atoms with Crippen LogP contribution < -0.4 is 10.0 Å². The zero-order chi connectivity index (χ0) is 10.9. The fourth-order valence-electron chi connectivity index (χ4n) is 1.58. The van der Waals surface area contributed by atoms with Gasteiger partial charge in [0, 0.05) is 25.8 Å². The van der Waals surface area contributed by atoms with Crippen LogP contribution in [0.3, 0.4) is 0 Å². The van der Waals surface area contributed by atoms with Crippen molar-refractivity contribution >= 4 is 10.0 Å². The topological polar surface area (TPSA) is 76.0 Å². The van der Waals surface area contributed by atoms with Crippen LogP contribution in [0.2, 0.25) is 0 Å². The third-order valence-electron chi connectivity index (χ3n) is 2.37. The minimum atomic E-state index is -3.40. The molecule has 1 aromatic heterocycles.